The maximum absolute atomic E-state index is 11.9. The Bertz CT molecular complexity index is 439. The number of hydrogen-bond donors (Lipinski definition) is 1. The van der Waals surface area contributed by atoms with E-state index in [0.29, 0.717) is 18.0 Å². The Morgan fingerprint density at radius 2 is 1.68 bits per heavy atom. The molecule has 0 unspecified atom stereocenters. The van der Waals surface area contributed by atoms with Crippen LogP contribution >= 0.6 is 0 Å². The normalized spacial score (nSPS) is 17.7. The third kappa shape index (κ3) is 4.34. The molecule has 0 saturated carbocycles. The zero-order valence-electron chi connectivity index (χ0n) is 10.2. The molecule has 0 atom stereocenters. The molecule has 0 spiro atoms. The summed E-state index contributed by atoms with van der Waals surface area (Å²) in [5.74, 6) is 0. The number of urea groups is 2. The maximum Gasteiger partial charge on any atom is 0.371 e. The molecular formula is C10H13N5O4. The second-order valence-electron chi connectivity index (χ2n) is 3.75. The van der Waals surface area contributed by atoms with Gasteiger partial charge < -0.3 is 5.32 Å². The highest BCUT2D eigenvalue weighted by Gasteiger charge is 2.27. The third-order valence-electron chi connectivity index (χ3n) is 2.47. The molecule has 9 nitrogen and oxygen atoms in total. The number of nitrogens with zero attached hydrogens (tertiary/aromatic N) is 4. The van der Waals surface area contributed by atoms with E-state index in [1.807, 2.05) is 0 Å². The van der Waals surface area contributed by atoms with Crippen LogP contribution in [0.15, 0.2) is 10.2 Å². The third-order valence-corrected chi connectivity index (χ3v) is 2.47. The lowest BCUT2D eigenvalue weighted by Gasteiger charge is -2.19. The summed E-state index contributed by atoms with van der Waals surface area (Å²) in [5, 5.41) is 9.69. The molecule has 0 bridgehead atoms. The predicted octanol–water partition coefficient (Wildman–Crippen LogP) is 0.496. The molecule has 0 aromatic rings. The number of rotatable bonds is 2. The molecule has 0 aromatic carbocycles. The number of isocyanates is 2. The van der Waals surface area contributed by atoms with Gasteiger partial charge in [-0.2, -0.15) is 0 Å². The first-order valence-corrected chi connectivity index (χ1v) is 5.75. The fourth-order valence-corrected chi connectivity index (χ4v) is 1.57. The van der Waals surface area contributed by atoms with Crippen molar-refractivity contribution < 1.29 is 19.2 Å². The number of carbonyl (C=O) groups excluding carboxylic acids is 4. The molecule has 1 N–H and O–H groups in total. The summed E-state index contributed by atoms with van der Waals surface area (Å²) in [6, 6.07) is -1.85. The lowest BCUT2D eigenvalue weighted by molar-refractivity contribution is 0.156. The Labute approximate surface area is 108 Å². The molecule has 1 rings (SSSR count). The van der Waals surface area contributed by atoms with E-state index in [9.17, 15) is 19.2 Å². The lowest BCUT2D eigenvalue weighted by Crippen LogP contribution is -2.46. The average Bonchev–Trinajstić information content (AvgIpc) is 2.43. The van der Waals surface area contributed by atoms with E-state index in [-0.39, 0.29) is 6.54 Å². The molecule has 1 aliphatic heterocycles. The fourth-order valence-electron chi connectivity index (χ4n) is 1.57. The zero-order chi connectivity index (χ0) is 14.1. The van der Waals surface area contributed by atoms with E-state index in [0.717, 1.165) is 30.4 Å². The van der Waals surface area contributed by atoms with Crippen molar-refractivity contribution in [2.75, 3.05) is 13.1 Å². The van der Waals surface area contributed by atoms with E-state index in [2.05, 4.69) is 15.5 Å². The lowest BCUT2D eigenvalue weighted by atomic mass is 10.2. The monoisotopic (exact) mass is 267 g/mol. The van der Waals surface area contributed by atoms with E-state index in [4.69, 9.17) is 0 Å². The Balaban J connectivity index is 2.98. The van der Waals surface area contributed by atoms with Crippen LogP contribution in [-0.2, 0) is 9.59 Å². The van der Waals surface area contributed by atoms with Gasteiger partial charge >= 0.3 is 12.1 Å². The second-order valence-corrected chi connectivity index (χ2v) is 3.75. The first-order valence-electron chi connectivity index (χ1n) is 5.75. The van der Waals surface area contributed by atoms with Gasteiger partial charge in [0.25, 0.3) is 12.2 Å². The minimum absolute atomic E-state index is 0.145. The van der Waals surface area contributed by atoms with Gasteiger partial charge in [-0.15, -0.1) is 5.01 Å². The van der Waals surface area contributed by atoms with Crippen molar-refractivity contribution in [3.63, 3.8) is 0 Å². The summed E-state index contributed by atoms with van der Waals surface area (Å²) in [5.41, 5.74) is 0. The van der Waals surface area contributed by atoms with E-state index < -0.39 is 12.1 Å². The first kappa shape index (κ1) is 14.6. The maximum atomic E-state index is 11.9. The summed E-state index contributed by atoms with van der Waals surface area (Å²) in [6.07, 6.45) is 5.39. The van der Waals surface area contributed by atoms with Gasteiger partial charge in [-0.25, -0.2) is 24.2 Å². The Morgan fingerprint density at radius 3 is 2.37 bits per heavy atom. The minimum atomic E-state index is -0.994. The molecule has 0 aromatic heterocycles. The van der Waals surface area contributed by atoms with E-state index >= 15 is 0 Å². The van der Waals surface area contributed by atoms with Crippen LogP contribution in [0.2, 0.25) is 0 Å². The number of imide groups is 1. The van der Waals surface area contributed by atoms with Gasteiger partial charge in [0.15, 0.2) is 0 Å². The molecular weight excluding hydrogens is 254 g/mol. The molecule has 9 heteroatoms. The minimum Gasteiger partial charge on any atom is -0.336 e. The number of amides is 4. The highest BCUT2D eigenvalue weighted by atomic mass is 16.2. The van der Waals surface area contributed by atoms with Gasteiger partial charge in [-0.3, -0.25) is 0 Å². The molecule has 19 heavy (non-hydrogen) atoms. The summed E-state index contributed by atoms with van der Waals surface area (Å²) < 4.78 is 0. The Morgan fingerprint density at radius 1 is 1.00 bits per heavy atom. The van der Waals surface area contributed by atoms with Crippen molar-refractivity contribution in [3.8, 4) is 0 Å². The molecule has 1 fully saturated rings. The SMILES string of the molecule is O=C=NN1CCCCCCNC(=O)N(N=C=O)C1=O. The molecule has 4 amide bonds. The van der Waals surface area contributed by atoms with Gasteiger partial charge in [0.2, 0.25) is 0 Å². The summed E-state index contributed by atoms with van der Waals surface area (Å²) in [6.45, 7) is 0.514. The number of carbonyl (C=O) groups is 2. The van der Waals surface area contributed by atoms with Crippen LogP contribution in [0.1, 0.15) is 25.7 Å². The Hall–Kier alpha value is -2.50. The Kier molecular flexibility index (Phi) is 5.94. The fraction of sp³-hybridized carbons (Fsp3) is 0.600. The van der Waals surface area contributed by atoms with Crippen LogP contribution < -0.4 is 5.32 Å². The van der Waals surface area contributed by atoms with Crippen LogP contribution in [0.5, 0.6) is 0 Å². The molecule has 1 aliphatic rings. The molecule has 0 aliphatic carbocycles. The summed E-state index contributed by atoms with van der Waals surface area (Å²) in [7, 11) is 0. The van der Waals surface area contributed by atoms with Crippen molar-refractivity contribution >= 4 is 24.2 Å². The van der Waals surface area contributed by atoms with Crippen molar-refractivity contribution in [1.29, 1.82) is 0 Å². The van der Waals surface area contributed by atoms with Gasteiger partial charge in [0.05, 0.1) is 0 Å². The van der Waals surface area contributed by atoms with Gasteiger partial charge in [-0.05, 0) is 12.8 Å². The van der Waals surface area contributed by atoms with Gasteiger partial charge in [-0.1, -0.05) is 23.0 Å². The van der Waals surface area contributed by atoms with Crippen molar-refractivity contribution in [2.45, 2.75) is 25.7 Å². The molecule has 1 saturated heterocycles. The van der Waals surface area contributed by atoms with Crippen molar-refractivity contribution in [1.82, 2.24) is 15.3 Å². The van der Waals surface area contributed by atoms with Crippen LogP contribution in [-0.4, -0.2) is 47.3 Å². The van der Waals surface area contributed by atoms with E-state index in [1.54, 1.807) is 0 Å². The summed E-state index contributed by atoms with van der Waals surface area (Å²) in [4.78, 5) is 44.1. The highest BCUT2D eigenvalue weighted by molar-refractivity contribution is 5.93. The quantitative estimate of drug-likeness (QED) is 0.579. The average molecular weight is 267 g/mol. The largest absolute Gasteiger partial charge is 0.371 e. The van der Waals surface area contributed by atoms with Crippen LogP contribution in [0.25, 0.3) is 0 Å². The second kappa shape index (κ2) is 7.75. The standard InChI is InChI=1S/C10H13N5O4/c16-7-12-14-6-4-2-1-3-5-11-9(18)15(10(14)19)13-8-17/h1-6H2,(H,11,18). The van der Waals surface area contributed by atoms with Crippen LogP contribution in [0.3, 0.4) is 0 Å². The smallest absolute Gasteiger partial charge is 0.336 e. The first-order chi connectivity index (χ1) is 9.20. The van der Waals surface area contributed by atoms with Gasteiger partial charge in [0.1, 0.15) is 0 Å². The van der Waals surface area contributed by atoms with Crippen molar-refractivity contribution in [3.05, 3.63) is 0 Å². The van der Waals surface area contributed by atoms with Crippen LogP contribution in [0.4, 0.5) is 9.59 Å². The van der Waals surface area contributed by atoms with Crippen molar-refractivity contribution in [2.24, 2.45) is 10.2 Å². The van der Waals surface area contributed by atoms with Crippen LogP contribution in [0, 0.1) is 0 Å². The molecule has 1 heterocycles. The predicted molar refractivity (Wildman–Crippen MR) is 62.1 cm³/mol. The number of hydrogen-bond acceptors (Lipinski definition) is 6. The molecule has 102 valence electrons. The topological polar surface area (TPSA) is 112 Å². The summed E-state index contributed by atoms with van der Waals surface area (Å²) >= 11 is 0. The molecule has 0 radical (unpaired) electrons. The zero-order valence-corrected chi connectivity index (χ0v) is 10.2. The highest BCUT2D eigenvalue weighted by Crippen LogP contribution is 2.07. The number of hydrazone groups is 2. The number of nitrogens with one attached hydrogen (secondary N) is 1. The van der Waals surface area contributed by atoms with Gasteiger partial charge in [0, 0.05) is 13.1 Å². The van der Waals surface area contributed by atoms with E-state index in [1.165, 1.54) is 6.08 Å².